The smallest absolute Gasteiger partial charge is 0.212 e. The molecule has 0 aromatic rings. The van der Waals surface area contributed by atoms with Crippen molar-refractivity contribution >= 4 is 0 Å². The summed E-state index contributed by atoms with van der Waals surface area (Å²) < 4.78 is 15.2. The molecule has 3 unspecified atom stereocenters. The first-order valence-corrected chi connectivity index (χ1v) is 2.79. The fourth-order valence-electron chi connectivity index (χ4n) is 0.800. The number of epoxide rings is 1. The number of hydrogen-bond acceptors (Lipinski definition) is 3. The van der Waals surface area contributed by atoms with Gasteiger partial charge in [-0.25, -0.2) is 0 Å². The van der Waals surface area contributed by atoms with Crippen LogP contribution in [0.3, 0.4) is 0 Å². The molecule has 3 nitrogen and oxygen atoms in total. The van der Waals surface area contributed by atoms with Crippen LogP contribution in [0.4, 0.5) is 0 Å². The predicted octanol–water partition coefficient (Wildman–Crippen LogP) is 0.104. The van der Waals surface area contributed by atoms with Crippen LogP contribution in [0.1, 0.15) is 6.92 Å². The van der Waals surface area contributed by atoms with Crippen molar-refractivity contribution in [3.63, 3.8) is 0 Å². The van der Waals surface area contributed by atoms with Crippen molar-refractivity contribution in [1.29, 1.82) is 0 Å². The van der Waals surface area contributed by atoms with Crippen LogP contribution in [0.15, 0.2) is 0 Å². The lowest BCUT2D eigenvalue weighted by atomic mass is 10.4. The van der Waals surface area contributed by atoms with Gasteiger partial charge in [-0.2, -0.15) is 0 Å². The van der Waals surface area contributed by atoms with E-state index in [2.05, 4.69) is 0 Å². The van der Waals surface area contributed by atoms with Gasteiger partial charge in [0.2, 0.25) is 12.6 Å². The minimum atomic E-state index is -0.0428. The van der Waals surface area contributed by atoms with Crippen molar-refractivity contribution in [2.75, 3.05) is 6.61 Å². The average molecular weight is 116 g/mol. The minimum Gasteiger partial charge on any atom is -0.345 e. The van der Waals surface area contributed by atoms with Crippen molar-refractivity contribution in [1.82, 2.24) is 0 Å². The fraction of sp³-hybridized carbons (Fsp3) is 1.00. The molecule has 0 aromatic carbocycles. The second-order valence-electron chi connectivity index (χ2n) is 2.15. The van der Waals surface area contributed by atoms with Gasteiger partial charge in [0.15, 0.2) is 0 Å². The molecule has 0 aromatic heterocycles. The van der Waals surface area contributed by atoms with Crippen LogP contribution in [0.25, 0.3) is 0 Å². The second-order valence-corrected chi connectivity index (χ2v) is 2.15. The molecule has 2 heterocycles. The molecule has 0 saturated carbocycles. The Morgan fingerprint density at radius 2 is 2.12 bits per heavy atom. The average Bonchev–Trinajstić information content (AvgIpc) is 2.43. The van der Waals surface area contributed by atoms with Crippen LogP contribution >= 0.6 is 0 Å². The fourth-order valence-corrected chi connectivity index (χ4v) is 0.800. The molecule has 3 heteroatoms. The third-order valence-corrected chi connectivity index (χ3v) is 1.28. The van der Waals surface area contributed by atoms with Crippen LogP contribution in [-0.2, 0) is 14.2 Å². The third kappa shape index (κ3) is 0.632. The van der Waals surface area contributed by atoms with E-state index in [-0.39, 0.29) is 18.7 Å². The highest BCUT2D eigenvalue weighted by Gasteiger charge is 2.46. The van der Waals surface area contributed by atoms with Gasteiger partial charge in [0, 0.05) is 0 Å². The summed E-state index contributed by atoms with van der Waals surface area (Å²) in [5, 5.41) is 0. The Bertz CT molecular complexity index is 104. The van der Waals surface area contributed by atoms with Gasteiger partial charge in [-0.1, -0.05) is 0 Å². The van der Waals surface area contributed by atoms with Gasteiger partial charge in [0.1, 0.15) is 0 Å². The van der Waals surface area contributed by atoms with Crippen molar-refractivity contribution in [2.45, 2.75) is 25.6 Å². The van der Waals surface area contributed by atoms with E-state index in [0.717, 1.165) is 0 Å². The van der Waals surface area contributed by atoms with Crippen LogP contribution < -0.4 is 0 Å². The maximum absolute atomic E-state index is 5.21. The van der Waals surface area contributed by atoms with Gasteiger partial charge in [-0.05, 0) is 6.92 Å². The molecule has 2 rings (SSSR count). The maximum Gasteiger partial charge on any atom is 0.212 e. The molecule has 3 atom stereocenters. The first-order valence-electron chi connectivity index (χ1n) is 2.79. The number of ether oxygens (including phenoxy) is 3. The highest BCUT2D eigenvalue weighted by Crippen LogP contribution is 2.29. The second kappa shape index (κ2) is 1.43. The SMILES string of the molecule is CC1COC2OC2O1. The highest BCUT2D eigenvalue weighted by molar-refractivity contribution is 4.72. The maximum atomic E-state index is 5.21. The van der Waals surface area contributed by atoms with Gasteiger partial charge in [0.25, 0.3) is 0 Å². The van der Waals surface area contributed by atoms with E-state index >= 15 is 0 Å². The normalized spacial score (nSPS) is 52.9. The standard InChI is InChI=1S/C5H8O3/c1-3-2-6-4-5(7-3)8-4/h3-5H,2H2,1H3. The lowest BCUT2D eigenvalue weighted by molar-refractivity contribution is -0.0841. The summed E-state index contributed by atoms with van der Waals surface area (Å²) >= 11 is 0. The number of hydrogen-bond donors (Lipinski definition) is 0. The highest BCUT2D eigenvalue weighted by atomic mass is 16.9. The van der Waals surface area contributed by atoms with Gasteiger partial charge in [-0.3, -0.25) is 0 Å². The summed E-state index contributed by atoms with van der Waals surface area (Å²) in [6, 6.07) is 0. The molecule has 2 aliphatic rings. The summed E-state index contributed by atoms with van der Waals surface area (Å²) in [5.74, 6) is 0. The monoisotopic (exact) mass is 116 g/mol. The molecule has 0 spiro atoms. The first-order chi connectivity index (χ1) is 3.86. The summed E-state index contributed by atoms with van der Waals surface area (Å²) in [7, 11) is 0. The van der Waals surface area contributed by atoms with Gasteiger partial charge in [-0.15, -0.1) is 0 Å². The van der Waals surface area contributed by atoms with E-state index < -0.39 is 0 Å². The first kappa shape index (κ1) is 4.73. The summed E-state index contributed by atoms with van der Waals surface area (Å²) in [6.07, 6.45) is 0.128. The van der Waals surface area contributed by atoms with E-state index in [1.54, 1.807) is 0 Å². The Balaban J connectivity index is 1.93. The Morgan fingerprint density at radius 3 is 2.75 bits per heavy atom. The number of fused-ring (bicyclic) bond motifs is 1. The third-order valence-electron chi connectivity index (χ3n) is 1.28. The molecule has 0 N–H and O–H groups in total. The Kier molecular flexibility index (Phi) is 0.848. The quantitative estimate of drug-likeness (QED) is 0.421. The predicted molar refractivity (Wildman–Crippen MR) is 25.2 cm³/mol. The molecule has 2 fully saturated rings. The molecule has 2 aliphatic heterocycles. The van der Waals surface area contributed by atoms with Gasteiger partial charge in [0.05, 0.1) is 12.7 Å². The van der Waals surface area contributed by atoms with Crippen LogP contribution in [0.2, 0.25) is 0 Å². The molecule has 8 heavy (non-hydrogen) atoms. The van der Waals surface area contributed by atoms with E-state index in [1.165, 1.54) is 0 Å². The van der Waals surface area contributed by atoms with Crippen molar-refractivity contribution in [3.05, 3.63) is 0 Å². The van der Waals surface area contributed by atoms with Crippen LogP contribution in [0.5, 0.6) is 0 Å². The van der Waals surface area contributed by atoms with E-state index in [1.807, 2.05) is 6.92 Å². The molecular formula is C5H8O3. The van der Waals surface area contributed by atoms with Crippen LogP contribution in [0, 0.1) is 0 Å². The largest absolute Gasteiger partial charge is 0.345 e. The summed E-state index contributed by atoms with van der Waals surface area (Å²) in [4.78, 5) is 0. The van der Waals surface area contributed by atoms with Crippen LogP contribution in [-0.4, -0.2) is 25.3 Å². The molecule has 0 bridgehead atoms. The van der Waals surface area contributed by atoms with E-state index in [9.17, 15) is 0 Å². The molecule has 0 radical (unpaired) electrons. The van der Waals surface area contributed by atoms with Crippen molar-refractivity contribution < 1.29 is 14.2 Å². The Morgan fingerprint density at radius 1 is 1.25 bits per heavy atom. The zero-order chi connectivity index (χ0) is 5.56. The van der Waals surface area contributed by atoms with Gasteiger partial charge >= 0.3 is 0 Å². The number of rotatable bonds is 0. The van der Waals surface area contributed by atoms with Gasteiger partial charge < -0.3 is 14.2 Å². The zero-order valence-electron chi connectivity index (χ0n) is 4.66. The van der Waals surface area contributed by atoms with E-state index in [4.69, 9.17) is 14.2 Å². The van der Waals surface area contributed by atoms with E-state index in [0.29, 0.717) is 6.61 Å². The Hall–Kier alpha value is -0.120. The summed E-state index contributed by atoms with van der Waals surface area (Å²) in [6.45, 7) is 2.64. The molecule has 0 aliphatic carbocycles. The minimum absolute atomic E-state index is 0.0359. The molecule has 2 saturated heterocycles. The lowest BCUT2D eigenvalue weighted by Crippen LogP contribution is -2.25. The Labute approximate surface area is 47.5 Å². The topological polar surface area (TPSA) is 31.0 Å². The molecular weight excluding hydrogens is 108 g/mol. The van der Waals surface area contributed by atoms with Crippen molar-refractivity contribution in [3.8, 4) is 0 Å². The zero-order valence-corrected chi connectivity index (χ0v) is 4.66. The molecule has 46 valence electrons. The summed E-state index contributed by atoms with van der Waals surface area (Å²) in [5.41, 5.74) is 0. The molecule has 0 amide bonds. The van der Waals surface area contributed by atoms with Crippen molar-refractivity contribution in [2.24, 2.45) is 0 Å². The lowest BCUT2D eigenvalue weighted by Gasteiger charge is -2.13.